The Morgan fingerprint density at radius 2 is 2.16 bits per heavy atom. The summed E-state index contributed by atoms with van der Waals surface area (Å²) >= 11 is 3.39. The number of aryl methyl sites for hydroxylation is 1. The van der Waals surface area contributed by atoms with E-state index in [9.17, 15) is 10.1 Å². The molecular weight excluding hydrogens is 314 g/mol. The maximum absolute atomic E-state index is 11.1. The maximum atomic E-state index is 11.1. The molecule has 0 amide bonds. The van der Waals surface area contributed by atoms with Crippen LogP contribution in [0.1, 0.15) is 17.0 Å². The van der Waals surface area contributed by atoms with Crippen LogP contribution in [0, 0.1) is 24.0 Å². The van der Waals surface area contributed by atoms with E-state index in [1.165, 1.54) is 10.7 Å². The van der Waals surface area contributed by atoms with Crippen molar-refractivity contribution in [1.29, 1.82) is 0 Å². The minimum Gasteiger partial charge on any atom is -0.392 e. The van der Waals surface area contributed by atoms with Crippen molar-refractivity contribution < 1.29 is 10.0 Å². The Bertz CT molecular complexity index is 652. The first-order chi connectivity index (χ1) is 8.95. The number of rotatable bonds is 3. The largest absolute Gasteiger partial charge is 0.392 e. The zero-order chi connectivity index (χ0) is 14.2. The van der Waals surface area contributed by atoms with E-state index in [-0.39, 0.29) is 12.3 Å². The third-order valence-electron chi connectivity index (χ3n) is 2.85. The van der Waals surface area contributed by atoms with E-state index in [0.29, 0.717) is 11.3 Å². The number of aromatic nitrogens is 2. The van der Waals surface area contributed by atoms with E-state index in [1.807, 2.05) is 13.8 Å². The Labute approximate surface area is 118 Å². The van der Waals surface area contributed by atoms with Crippen molar-refractivity contribution >= 4 is 21.6 Å². The molecule has 0 radical (unpaired) electrons. The quantitative estimate of drug-likeness (QED) is 0.694. The Morgan fingerprint density at radius 1 is 1.47 bits per heavy atom. The van der Waals surface area contributed by atoms with Gasteiger partial charge >= 0.3 is 0 Å². The minimum atomic E-state index is -0.473. The van der Waals surface area contributed by atoms with Crippen molar-refractivity contribution in [2.24, 2.45) is 0 Å². The van der Waals surface area contributed by atoms with Gasteiger partial charge < -0.3 is 5.11 Å². The van der Waals surface area contributed by atoms with E-state index in [0.717, 1.165) is 15.9 Å². The van der Waals surface area contributed by atoms with Gasteiger partial charge in [0.1, 0.15) is 5.69 Å². The number of nitrogens with zero attached hydrogens (tertiary/aromatic N) is 3. The summed E-state index contributed by atoms with van der Waals surface area (Å²) in [5.74, 6) is 0. The highest BCUT2D eigenvalue weighted by atomic mass is 79.9. The number of hydrogen-bond acceptors (Lipinski definition) is 4. The molecule has 1 aromatic heterocycles. The van der Waals surface area contributed by atoms with Crippen LogP contribution in [0.4, 0.5) is 5.69 Å². The lowest BCUT2D eigenvalue weighted by atomic mass is 10.2. The predicted molar refractivity (Wildman–Crippen MR) is 73.3 cm³/mol. The molecule has 19 heavy (non-hydrogen) atoms. The average molecular weight is 326 g/mol. The molecule has 0 spiro atoms. The zero-order valence-electron chi connectivity index (χ0n) is 10.4. The minimum absolute atomic E-state index is 0.0790. The lowest BCUT2D eigenvalue weighted by Crippen LogP contribution is -2.04. The summed E-state index contributed by atoms with van der Waals surface area (Å²) in [5.41, 5.74) is 2.35. The van der Waals surface area contributed by atoms with Gasteiger partial charge in [0.15, 0.2) is 0 Å². The fourth-order valence-corrected chi connectivity index (χ4v) is 2.10. The first-order valence-corrected chi connectivity index (χ1v) is 6.35. The van der Waals surface area contributed by atoms with Gasteiger partial charge in [-0.15, -0.1) is 0 Å². The molecule has 1 N–H and O–H groups in total. The number of nitro benzene ring substituents is 1. The summed E-state index contributed by atoms with van der Waals surface area (Å²) in [5, 5.41) is 24.5. The fourth-order valence-electron chi connectivity index (χ4n) is 1.85. The van der Waals surface area contributed by atoms with Crippen LogP contribution in [0.15, 0.2) is 22.7 Å². The molecule has 0 aliphatic heterocycles. The van der Waals surface area contributed by atoms with Gasteiger partial charge in [-0.05, 0) is 41.4 Å². The Balaban J connectivity index is 2.67. The highest BCUT2D eigenvalue weighted by Crippen LogP contribution is 2.29. The lowest BCUT2D eigenvalue weighted by Gasteiger charge is -2.06. The van der Waals surface area contributed by atoms with Crippen molar-refractivity contribution in [3.63, 3.8) is 0 Å². The van der Waals surface area contributed by atoms with Crippen molar-refractivity contribution in [3.05, 3.63) is 49.7 Å². The van der Waals surface area contributed by atoms with Crippen LogP contribution in [0.3, 0.4) is 0 Å². The Hall–Kier alpha value is -1.73. The van der Waals surface area contributed by atoms with Crippen LogP contribution in [0.2, 0.25) is 0 Å². The average Bonchev–Trinajstić information content (AvgIpc) is 2.65. The van der Waals surface area contributed by atoms with Crippen LogP contribution in [-0.2, 0) is 6.61 Å². The summed E-state index contributed by atoms with van der Waals surface area (Å²) in [7, 11) is 0. The van der Waals surface area contributed by atoms with E-state index in [4.69, 9.17) is 5.11 Å². The van der Waals surface area contributed by atoms with E-state index in [1.54, 1.807) is 12.1 Å². The number of nitro groups is 1. The summed E-state index contributed by atoms with van der Waals surface area (Å²) in [6.07, 6.45) is 0. The molecule has 0 unspecified atom stereocenters. The highest BCUT2D eigenvalue weighted by Gasteiger charge is 2.20. The van der Waals surface area contributed by atoms with Crippen LogP contribution >= 0.6 is 15.9 Å². The SMILES string of the molecule is Cc1nn(-c2ccc(CO)cc2[N+](=O)[O-])c(C)c1Br. The van der Waals surface area contributed by atoms with Gasteiger partial charge in [0.05, 0.1) is 27.4 Å². The molecule has 0 saturated carbocycles. The molecule has 0 saturated heterocycles. The first kappa shape index (κ1) is 13.7. The molecule has 1 heterocycles. The molecule has 0 atom stereocenters. The van der Waals surface area contributed by atoms with Gasteiger partial charge in [0.25, 0.3) is 5.69 Å². The zero-order valence-corrected chi connectivity index (χ0v) is 12.0. The van der Waals surface area contributed by atoms with Crippen molar-refractivity contribution in [1.82, 2.24) is 9.78 Å². The molecule has 0 fully saturated rings. The Morgan fingerprint density at radius 3 is 2.63 bits per heavy atom. The topological polar surface area (TPSA) is 81.2 Å². The van der Waals surface area contributed by atoms with Gasteiger partial charge in [0.2, 0.25) is 0 Å². The second kappa shape index (κ2) is 5.10. The van der Waals surface area contributed by atoms with E-state index in [2.05, 4.69) is 21.0 Å². The lowest BCUT2D eigenvalue weighted by molar-refractivity contribution is -0.384. The van der Waals surface area contributed by atoms with Gasteiger partial charge in [-0.1, -0.05) is 6.07 Å². The van der Waals surface area contributed by atoms with Crippen molar-refractivity contribution in [2.75, 3.05) is 0 Å². The normalized spacial score (nSPS) is 10.7. The number of benzene rings is 1. The molecule has 6 nitrogen and oxygen atoms in total. The predicted octanol–water partition coefficient (Wildman–Crippen LogP) is 2.65. The van der Waals surface area contributed by atoms with Crippen molar-refractivity contribution in [3.8, 4) is 5.69 Å². The number of aliphatic hydroxyl groups excluding tert-OH is 1. The third kappa shape index (κ3) is 2.39. The van der Waals surface area contributed by atoms with Crippen LogP contribution in [-0.4, -0.2) is 19.8 Å². The number of hydrogen-bond donors (Lipinski definition) is 1. The van der Waals surface area contributed by atoms with Gasteiger partial charge in [-0.2, -0.15) is 5.10 Å². The molecule has 7 heteroatoms. The molecule has 100 valence electrons. The summed E-state index contributed by atoms with van der Waals surface area (Å²) in [6.45, 7) is 3.41. The first-order valence-electron chi connectivity index (χ1n) is 5.56. The van der Waals surface area contributed by atoms with Gasteiger partial charge in [-0.3, -0.25) is 10.1 Å². The molecule has 0 bridgehead atoms. The fraction of sp³-hybridized carbons (Fsp3) is 0.250. The van der Waals surface area contributed by atoms with Gasteiger partial charge in [-0.25, -0.2) is 4.68 Å². The van der Waals surface area contributed by atoms with E-state index >= 15 is 0 Å². The van der Waals surface area contributed by atoms with Crippen LogP contribution < -0.4 is 0 Å². The standard InChI is InChI=1S/C12H12BrN3O3/c1-7-12(13)8(2)15(14-7)10-4-3-9(6-17)5-11(10)16(18)19/h3-5,17H,6H2,1-2H3. The second-order valence-electron chi connectivity index (χ2n) is 4.13. The highest BCUT2D eigenvalue weighted by molar-refractivity contribution is 9.10. The van der Waals surface area contributed by atoms with Crippen LogP contribution in [0.5, 0.6) is 0 Å². The number of aliphatic hydroxyl groups is 1. The smallest absolute Gasteiger partial charge is 0.295 e. The molecule has 0 aliphatic carbocycles. The maximum Gasteiger partial charge on any atom is 0.295 e. The van der Waals surface area contributed by atoms with Crippen LogP contribution in [0.25, 0.3) is 5.69 Å². The van der Waals surface area contributed by atoms with Crippen molar-refractivity contribution in [2.45, 2.75) is 20.5 Å². The molecule has 1 aromatic carbocycles. The molecular formula is C12H12BrN3O3. The molecule has 2 aromatic rings. The number of halogens is 1. The molecule has 0 aliphatic rings. The molecule has 2 rings (SSSR count). The second-order valence-corrected chi connectivity index (χ2v) is 4.93. The van der Waals surface area contributed by atoms with E-state index < -0.39 is 4.92 Å². The monoisotopic (exact) mass is 325 g/mol. The van der Waals surface area contributed by atoms with Gasteiger partial charge in [0, 0.05) is 6.07 Å². The Kier molecular flexibility index (Phi) is 3.68. The summed E-state index contributed by atoms with van der Waals surface area (Å²) < 4.78 is 2.35. The third-order valence-corrected chi connectivity index (χ3v) is 4.00. The summed E-state index contributed by atoms with van der Waals surface area (Å²) in [4.78, 5) is 10.7. The summed E-state index contributed by atoms with van der Waals surface area (Å²) in [6, 6.07) is 4.60.